The van der Waals surface area contributed by atoms with Crippen molar-refractivity contribution in [3.05, 3.63) is 36.3 Å². The van der Waals surface area contributed by atoms with Gasteiger partial charge in [-0.05, 0) is 31.2 Å². The Kier molecular flexibility index (Phi) is 3.99. The molecule has 0 bridgehead atoms. The van der Waals surface area contributed by atoms with Crippen LogP contribution in [-0.2, 0) is 0 Å². The fourth-order valence-electron chi connectivity index (χ4n) is 2.25. The second-order valence-corrected chi connectivity index (χ2v) is 4.36. The first-order chi connectivity index (χ1) is 8.33. The Balaban J connectivity index is 0.00000120. The maximum Gasteiger partial charge on any atom is 0.142 e. The summed E-state index contributed by atoms with van der Waals surface area (Å²) >= 11 is 0. The lowest BCUT2D eigenvalue weighted by Crippen LogP contribution is -2.22. The molecule has 1 aromatic heterocycles. The Morgan fingerprint density at radius 2 is 2.28 bits per heavy atom. The Bertz CT molecular complexity index is 541. The van der Waals surface area contributed by atoms with E-state index in [2.05, 4.69) is 15.6 Å². The highest BCUT2D eigenvalue weighted by Gasteiger charge is 2.15. The van der Waals surface area contributed by atoms with Gasteiger partial charge in [0.15, 0.2) is 0 Å². The number of anilines is 1. The van der Waals surface area contributed by atoms with Gasteiger partial charge in [-0.15, -0.1) is 12.4 Å². The Hall–Kier alpha value is -1.39. The lowest BCUT2D eigenvalue weighted by molar-refractivity contribution is 0.624. The number of fused-ring (bicyclic) bond motifs is 1. The first-order valence-electron chi connectivity index (χ1n) is 5.84. The van der Waals surface area contributed by atoms with Crippen molar-refractivity contribution in [3.8, 4) is 0 Å². The van der Waals surface area contributed by atoms with Crippen LogP contribution in [0.1, 0.15) is 6.42 Å². The molecule has 2 N–H and O–H groups in total. The van der Waals surface area contributed by atoms with Crippen molar-refractivity contribution in [1.29, 1.82) is 0 Å². The van der Waals surface area contributed by atoms with E-state index in [-0.39, 0.29) is 18.2 Å². The topological polar surface area (TPSA) is 37.0 Å². The number of hydrogen-bond donors (Lipinski definition) is 2. The van der Waals surface area contributed by atoms with Crippen LogP contribution in [0, 0.1) is 5.82 Å². The molecule has 18 heavy (non-hydrogen) atoms. The molecule has 1 aliphatic heterocycles. The van der Waals surface area contributed by atoms with Crippen LogP contribution in [0.25, 0.3) is 10.9 Å². The molecule has 1 aromatic carbocycles. The van der Waals surface area contributed by atoms with E-state index in [0.29, 0.717) is 6.04 Å². The van der Waals surface area contributed by atoms with Crippen LogP contribution in [0.5, 0.6) is 0 Å². The standard InChI is InChI=1S/C13H14FN3.ClH/c14-9-6-11-12(16-7-9)2-1-3-13(11)17-10-4-5-15-8-10;/h1-3,6-7,10,15,17H,4-5,8H2;1H/t10-;/m0./s1. The van der Waals surface area contributed by atoms with Crippen LogP contribution < -0.4 is 10.6 Å². The summed E-state index contributed by atoms with van der Waals surface area (Å²) in [7, 11) is 0. The average Bonchev–Trinajstić information content (AvgIpc) is 2.83. The molecule has 1 fully saturated rings. The molecule has 0 spiro atoms. The number of nitrogens with one attached hydrogen (secondary N) is 2. The lowest BCUT2D eigenvalue weighted by atomic mass is 10.1. The van der Waals surface area contributed by atoms with Crippen molar-refractivity contribution in [1.82, 2.24) is 10.3 Å². The highest BCUT2D eigenvalue weighted by atomic mass is 35.5. The van der Waals surface area contributed by atoms with Gasteiger partial charge in [0.2, 0.25) is 0 Å². The highest BCUT2D eigenvalue weighted by molar-refractivity contribution is 5.91. The average molecular weight is 268 g/mol. The SMILES string of the molecule is Cl.Fc1cnc2cccc(N[C@H]3CCNC3)c2c1. The van der Waals surface area contributed by atoms with Crippen molar-refractivity contribution in [2.24, 2.45) is 0 Å². The minimum atomic E-state index is -0.295. The summed E-state index contributed by atoms with van der Waals surface area (Å²) in [6.07, 6.45) is 2.35. The molecule has 1 atom stereocenters. The maximum absolute atomic E-state index is 13.2. The molecule has 1 saturated heterocycles. The van der Waals surface area contributed by atoms with Gasteiger partial charge in [-0.1, -0.05) is 6.07 Å². The third kappa shape index (κ3) is 2.54. The van der Waals surface area contributed by atoms with Crippen LogP contribution in [0.4, 0.5) is 10.1 Å². The predicted molar refractivity (Wildman–Crippen MR) is 73.8 cm³/mol. The van der Waals surface area contributed by atoms with Gasteiger partial charge in [-0.3, -0.25) is 4.98 Å². The van der Waals surface area contributed by atoms with E-state index in [1.807, 2.05) is 18.2 Å². The fraction of sp³-hybridized carbons (Fsp3) is 0.308. The number of nitrogens with zero attached hydrogens (tertiary/aromatic N) is 1. The minimum absolute atomic E-state index is 0. The van der Waals surface area contributed by atoms with E-state index >= 15 is 0 Å². The van der Waals surface area contributed by atoms with Gasteiger partial charge in [0.05, 0.1) is 11.7 Å². The molecule has 2 heterocycles. The van der Waals surface area contributed by atoms with E-state index in [4.69, 9.17) is 0 Å². The zero-order valence-corrected chi connectivity index (χ0v) is 10.6. The molecule has 0 radical (unpaired) electrons. The molecule has 1 aliphatic rings. The minimum Gasteiger partial charge on any atom is -0.380 e. The van der Waals surface area contributed by atoms with E-state index in [1.54, 1.807) is 0 Å². The van der Waals surface area contributed by atoms with Gasteiger partial charge < -0.3 is 10.6 Å². The van der Waals surface area contributed by atoms with Gasteiger partial charge in [0.25, 0.3) is 0 Å². The summed E-state index contributed by atoms with van der Waals surface area (Å²) < 4.78 is 13.2. The zero-order valence-electron chi connectivity index (χ0n) is 9.82. The molecular formula is C13H15ClFN3. The molecule has 0 amide bonds. The molecular weight excluding hydrogens is 253 g/mol. The maximum atomic E-state index is 13.2. The second-order valence-electron chi connectivity index (χ2n) is 4.36. The third-order valence-corrected chi connectivity index (χ3v) is 3.11. The largest absolute Gasteiger partial charge is 0.380 e. The number of benzene rings is 1. The number of rotatable bonds is 2. The molecule has 3 rings (SSSR count). The molecule has 0 unspecified atom stereocenters. The van der Waals surface area contributed by atoms with Crippen molar-refractivity contribution in [2.45, 2.75) is 12.5 Å². The van der Waals surface area contributed by atoms with Gasteiger partial charge in [0.1, 0.15) is 5.82 Å². The third-order valence-electron chi connectivity index (χ3n) is 3.11. The van der Waals surface area contributed by atoms with Crippen molar-refractivity contribution in [2.75, 3.05) is 18.4 Å². The number of pyridine rings is 1. The lowest BCUT2D eigenvalue weighted by Gasteiger charge is -2.14. The summed E-state index contributed by atoms with van der Waals surface area (Å²) in [6.45, 7) is 1.99. The summed E-state index contributed by atoms with van der Waals surface area (Å²) in [6, 6.07) is 7.77. The Morgan fingerprint density at radius 1 is 1.39 bits per heavy atom. The number of halogens is 2. The Labute approximate surface area is 111 Å². The van der Waals surface area contributed by atoms with E-state index in [0.717, 1.165) is 36.1 Å². The first kappa shape index (κ1) is 13.1. The molecule has 0 saturated carbocycles. The molecule has 0 aliphatic carbocycles. The normalized spacial score (nSPS) is 18.6. The molecule has 3 nitrogen and oxygen atoms in total. The van der Waals surface area contributed by atoms with Crippen LogP contribution in [0.15, 0.2) is 30.5 Å². The zero-order chi connectivity index (χ0) is 11.7. The smallest absolute Gasteiger partial charge is 0.142 e. The van der Waals surface area contributed by atoms with Gasteiger partial charge in [-0.25, -0.2) is 4.39 Å². The van der Waals surface area contributed by atoms with E-state index < -0.39 is 0 Å². The van der Waals surface area contributed by atoms with Crippen molar-refractivity contribution in [3.63, 3.8) is 0 Å². The van der Waals surface area contributed by atoms with E-state index in [1.165, 1.54) is 12.3 Å². The number of hydrogen-bond acceptors (Lipinski definition) is 3. The molecule has 2 aromatic rings. The van der Waals surface area contributed by atoms with Crippen molar-refractivity contribution < 1.29 is 4.39 Å². The Morgan fingerprint density at radius 3 is 3.06 bits per heavy atom. The van der Waals surface area contributed by atoms with Gasteiger partial charge >= 0.3 is 0 Å². The molecule has 96 valence electrons. The first-order valence-corrected chi connectivity index (χ1v) is 5.84. The molecule has 5 heteroatoms. The highest BCUT2D eigenvalue weighted by Crippen LogP contribution is 2.23. The fourth-order valence-corrected chi connectivity index (χ4v) is 2.25. The van der Waals surface area contributed by atoms with Gasteiger partial charge in [-0.2, -0.15) is 0 Å². The number of aromatic nitrogens is 1. The predicted octanol–water partition coefficient (Wildman–Crippen LogP) is 2.57. The quantitative estimate of drug-likeness (QED) is 0.878. The summed E-state index contributed by atoms with van der Waals surface area (Å²) in [5.74, 6) is -0.295. The van der Waals surface area contributed by atoms with Gasteiger partial charge in [0, 0.05) is 23.7 Å². The summed E-state index contributed by atoms with van der Waals surface area (Å²) in [5.41, 5.74) is 1.78. The second kappa shape index (κ2) is 5.50. The monoisotopic (exact) mass is 267 g/mol. The van der Waals surface area contributed by atoms with Crippen LogP contribution in [0.2, 0.25) is 0 Å². The van der Waals surface area contributed by atoms with Crippen molar-refractivity contribution >= 4 is 29.0 Å². The summed E-state index contributed by atoms with van der Waals surface area (Å²) in [4.78, 5) is 4.09. The summed E-state index contributed by atoms with van der Waals surface area (Å²) in [5, 5.41) is 7.59. The van der Waals surface area contributed by atoms with Crippen LogP contribution >= 0.6 is 12.4 Å². The van der Waals surface area contributed by atoms with Crippen LogP contribution in [-0.4, -0.2) is 24.1 Å². The van der Waals surface area contributed by atoms with Crippen LogP contribution in [0.3, 0.4) is 0 Å². The van der Waals surface area contributed by atoms with E-state index in [9.17, 15) is 4.39 Å².